The number of halogens is 1. The normalized spacial score (nSPS) is 11.2. The number of carbonyl (C=O) groups excluding carboxylic acids is 1. The van der Waals surface area contributed by atoms with Crippen LogP contribution in [0.4, 0.5) is 11.4 Å². The Morgan fingerprint density at radius 2 is 1.94 bits per heavy atom. The molecule has 3 aromatic carbocycles. The molecule has 1 N–H and O–H groups in total. The van der Waals surface area contributed by atoms with E-state index in [9.17, 15) is 14.9 Å². The maximum atomic E-state index is 12.9. The number of carbonyl (C=O) groups is 1. The smallest absolute Gasteiger partial charge is 0.287 e. The summed E-state index contributed by atoms with van der Waals surface area (Å²) >= 11 is 7.38. The highest BCUT2D eigenvalue weighted by Crippen LogP contribution is 2.40. The number of fused-ring (bicyclic) bond motifs is 2. The van der Waals surface area contributed by atoms with Crippen molar-refractivity contribution in [2.24, 2.45) is 0 Å². The van der Waals surface area contributed by atoms with E-state index in [0.29, 0.717) is 32.8 Å². The van der Waals surface area contributed by atoms with Crippen molar-refractivity contribution in [1.82, 2.24) is 4.98 Å². The van der Waals surface area contributed by atoms with Crippen molar-refractivity contribution >= 4 is 61.4 Å². The summed E-state index contributed by atoms with van der Waals surface area (Å²) in [5, 5.41) is 14.8. The third-order valence-electron chi connectivity index (χ3n) is 5.44. The number of aryl methyl sites for hydroxylation is 2. The summed E-state index contributed by atoms with van der Waals surface area (Å²) in [5.74, 6) is 0.0455. The van der Waals surface area contributed by atoms with Gasteiger partial charge in [-0.05, 0) is 55.3 Å². The van der Waals surface area contributed by atoms with Crippen LogP contribution in [-0.4, -0.2) is 15.8 Å². The van der Waals surface area contributed by atoms with Gasteiger partial charge in [-0.25, -0.2) is 4.98 Å². The fourth-order valence-electron chi connectivity index (χ4n) is 3.55. The summed E-state index contributed by atoms with van der Waals surface area (Å²) < 4.78 is 6.25. The van der Waals surface area contributed by atoms with Crippen LogP contribution < -0.4 is 5.32 Å². The van der Waals surface area contributed by atoms with Gasteiger partial charge in [-0.3, -0.25) is 14.9 Å². The number of hydrogen-bond donors (Lipinski definition) is 1. The molecule has 0 spiro atoms. The zero-order valence-electron chi connectivity index (χ0n) is 17.5. The lowest BCUT2D eigenvalue weighted by Gasteiger charge is -2.03. The first-order valence-corrected chi connectivity index (χ1v) is 11.2. The minimum atomic E-state index is -0.484. The van der Waals surface area contributed by atoms with Gasteiger partial charge in [0.1, 0.15) is 15.1 Å². The third-order valence-corrected chi connectivity index (χ3v) is 7.17. The number of anilines is 1. The largest absolute Gasteiger partial charge is 0.436 e. The van der Waals surface area contributed by atoms with E-state index in [0.717, 1.165) is 22.5 Å². The molecule has 7 nitrogen and oxygen atoms in total. The zero-order valence-corrected chi connectivity index (χ0v) is 19.1. The first-order chi connectivity index (χ1) is 15.8. The van der Waals surface area contributed by atoms with Crippen molar-refractivity contribution in [3.05, 3.63) is 85.7 Å². The van der Waals surface area contributed by atoms with Gasteiger partial charge in [-0.2, -0.15) is 0 Å². The number of nitrogens with one attached hydrogen (secondary N) is 1. The molecular weight excluding hydrogens is 462 g/mol. The number of nitro groups is 1. The number of aromatic nitrogens is 1. The summed E-state index contributed by atoms with van der Waals surface area (Å²) in [6, 6.07) is 15.8. The molecule has 0 unspecified atom stereocenters. The molecule has 0 bridgehead atoms. The minimum Gasteiger partial charge on any atom is -0.436 e. The number of rotatable bonds is 4. The lowest BCUT2D eigenvalue weighted by molar-refractivity contribution is -0.382. The molecule has 5 rings (SSSR count). The van der Waals surface area contributed by atoms with E-state index in [1.54, 1.807) is 30.3 Å². The highest BCUT2D eigenvalue weighted by Gasteiger charge is 2.23. The fourth-order valence-corrected chi connectivity index (χ4v) is 5.04. The van der Waals surface area contributed by atoms with Crippen LogP contribution in [0, 0.1) is 24.0 Å². The first kappa shape index (κ1) is 21.1. The van der Waals surface area contributed by atoms with Crippen LogP contribution >= 0.6 is 22.9 Å². The lowest BCUT2D eigenvalue weighted by Crippen LogP contribution is -2.10. The number of nitrogens with zero attached hydrogens (tertiary/aromatic N) is 2. The second-order valence-corrected chi connectivity index (χ2v) is 9.01. The van der Waals surface area contributed by atoms with Gasteiger partial charge in [-0.15, -0.1) is 11.3 Å². The van der Waals surface area contributed by atoms with Crippen LogP contribution in [0.5, 0.6) is 0 Å². The molecule has 0 aliphatic heterocycles. The topological polar surface area (TPSA) is 98.3 Å². The predicted molar refractivity (Wildman–Crippen MR) is 130 cm³/mol. The van der Waals surface area contributed by atoms with E-state index < -0.39 is 10.8 Å². The minimum absolute atomic E-state index is 0.0821. The number of hydrogen-bond acceptors (Lipinski definition) is 6. The van der Waals surface area contributed by atoms with Gasteiger partial charge in [0, 0.05) is 22.7 Å². The maximum absolute atomic E-state index is 12.9. The number of thiophene rings is 1. The molecule has 2 aromatic heterocycles. The summed E-state index contributed by atoms with van der Waals surface area (Å²) in [4.78, 5) is 28.5. The molecule has 0 fully saturated rings. The number of amides is 1. The van der Waals surface area contributed by atoms with Crippen LogP contribution in [0.25, 0.3) is 32.6 Å². The van der Waals surface area contributed by atoms with E-state index in [4.69, 9.17) is 16.0 Å². The van der Waals surface area contributed by atoms with Gasteiger partial charge >= 0.3 is 0 Å². The van der Waals surface area contributed by atoms with E-state index in [2.05, 4.69) is 10.3 Å². The Hall–Kier alpha value is -3.75. The molecule has 0 aliphatic rings. The predicted octanol–water partition coefficient (Wildman–Crippen LogP) is 7.14. The van der Waals surface area contributed by atoms with Crippen molar-refractivity contribution in [3.63, 3.8) is 0 Å². The molecule has 1 amide bonds. The Kier molecular flexibility index (Phi) is 5.11. The maximum Gasteiger partial charge on any atom is 0.287 e. The van der Waals surface area contributed by atoms with Crippen molar-refractivity contribution in [2.45, 2.75) is 13.8 Å². The van der Waals surface area contributed by atoms with E-state index in [1.807, 2.05) is 32.0 Å². The van der Waals surface area contributed by atoms with Gasteiger partial charge < -0.3 is 9.73 Å². The molecule has 0 saturated carbocycles. The second kappa shape index (κ2) is 7.99. The summed E-state index contributed by atoms with van der Waals surface area (Å²) in [7, 11) is 0. The van der Waals surface area contributed by atoms with Crippen molar-refractivity contribution in [2.75, 3.05) is 5.32 Å². The SMILES string of the molecule is Cc1ccc(-c2nc3cc(NC(=O)c4sc5c([N+](=O)[O-])cccc5c4Cl)ccc3o2)cc1C. The van der Waals surface area contributed by atoms with Crippen molar-refractivity contribution in [1.29, 1.82) is 0 Å². The van der Waals surface area contributed by atoms with Gasteiger partial charge in [0.15, 0.2) is 5.58 Å². The summed E-state index contributed by atoms with van der Waals surface area (Å²) in [6.07, 6.45) is 0. The third kappa shape index (κ3) is 3.73. The van der Waals surface area contributed by atoms with Gasteiger partial charge in [0.2, 0.25) is 5.89 Å². The van der Waals surface area contributed by atoms with Crippen LogP contribution in [-0.2, 0) is 0 Å². The van der Waals surface area contributed by atoms with Crippen molar-refractivity contribution in [3.8, 4) is 11.5 Å². The number of nitro benzene ring substituents is 1. The molecule has 164 valence electrons. The van der Waals surface area contributed by atoms with Gasteiger partial charge in [0.05, 0.1) is 9.95 Å². The first-order valence-electron chi connectivity index (χ1n) is 9.97. The Morgan fingerprint density at radius 3 is 2.70 bits per heavy atom. The standard InChI is InChI=1S/C24H16ClN3O4S/c1-12-6-7-14(10-13(12)2)24-27-17-11-15(8-9-19(17)32-24)26-23(29)22-20(25)16-4-3-5-18(28(30)31)21(16)33-22/h3-11H,1-2H3,(H,26,29). The van der Waals surface area contributed by atoms with Crippen LogP contribution in [0.15, 0.2) is 59.0 Å². The van der Waals surface area contributed by atoms with E-state index in [1.165, 1.54) is 11.6 Å². The summed E-state index contributed by atoms with van der Waals surface area (Å²) in [5.41, 5.74) is 4.82. The zero-order chi connectivity index (χ0) is 23.3. The van der Waals surface area contributed by atoms with Crippen LogP contribution in [0.1, 0.15) is 20.8 Å². The highest BCUT2D eigenvalue weighted by molar-refractivity contribution is 7.22. The lowest BCUT2D eigenvalue weighted by atomic mass is 10.1. The number of oxazole rings is 1. The van der Waals surface area contributed by atoms with E-state index >= 15 is 0 Å². The molecule has 0 aliphatic carbocycles. The number of benzene rings is 3. The second-order valence-electron chi connectivity index (χ2n) is 7.61. The van der Waals surface area contributed by atoms with Gasteiger partial charge in [-0.1, -0.05) is 29.8 Å². The molecule has 0 saturated heterocycles. The molecule has 0 atom stereocenters. The van der Waals surface area contributed by atoms with Gasteiger partial charge in [0.25, 0.3) is 11.6 Å². The monoisotopic (exact) mass is 477 g/mol. The molecule has 9 heteroatoms. The fraction of sp³-hybridized carbons (Fsp3) is 0.0833. The molecule has 0 radical (unpaired) electrons. The Bertz CT molecular complexity index is 1590. The molecular formula is C24H16ClN3O4S. The quantitative estimate of drug-likeness (QED) is 0.219. The molecule has 2 heterocycles. The van der Waals surface area contributed by atoms with E-state index in [-0.39, 0.29) is 15.6 Å². The van der Waals surface area contributed by atoms with Crippen LogP contribution in [0.2, 0.25) is 5.02 Å². The Morgan fingerprint density at radius 1 is 1.12 bits per heavy atom. The Labute approximate surface area is 196 Å². The summed E-state index contributed by atoms with van der Waals surface area (Å²) in [6.45, 7) is 4.07. The van der Waals surface area contributed by atoms with Crippen LogP contribution in [0.3, 0.4) is 0 Å². The Balaban J connectivity index is 1.46. The highest BCUT2D eigenvalue weighted by atomic mass is 35.5. The average Bonchev–Trinajstić information content (AvgIpc) is 3.36. The number of non-ortho nitro benzene ring substituents is 1. The average molecular weight is 478 g/mol. The molecule has 5 aromatic rings. The van der Waals surface area contributed by atoms with Crippen molar-refractivity contribution < 1.29 is 14.1 Å². The molecule has 33 heavy (non-hydrogen) atoms.